The van der Waals surface area contributed by atoms with Crippen molar-refractivity contribution in [3.63, 3.8) is 0 Å². The lowest BCUT2D eigenvalue weighted by molar-refractivity contribution is -0.516. The van der Waals surface area contributed by atoms with Gasteiger partial charge in [-0.15, -0.1) is 0 Å². The molecule has 0 aliphatic carbocycles. The van der Waals surface area contributed by atoms with E-state index in [4.69, 9.17) is 4.99 Å². The molecule has 5 aliphatic heterocycles. The van der Waals surface area contributed by atoms with E-state index in [-0.39, 0.29) is 0 Å². The van der Waals surface area contributed by atoms with E-state index in [0.29, 0.717) is 0 Å². The van der Waals surface area contributed by atoms with Crippen molar-refractivity contribution in [2.75, 3.05) is 65.4 Å². The molecule has 0 radical (unpaired) electrons. The highest BCUT2D eigenvalue weighted by atomic mass is 15.4. The van der Waals surface area contributed by atoms with Gasteiger partial charge in [-0.1, -0.05) is 30.3 Å². The van der Waals surface area contributed by atoms with Crippen LogP contribution in [0.1, 0.15) is 5.56 Å². The summed E-state index contributed by atoms with van der Waals surface area (Å²) >= 11 is 0. The van der Waals surface area contributed by atoms with Crippen LogP contribution in [0.25, 0.3) is 0 Å². The average molecular weight is 363 g/mol. The smallest absolute Gasteiger partial charge is 0.287 e. The number of aliphatic imine (C=N–C) groups is 1. The van der Waals surface area contributed by atoms with Gasteiger partial charge in [-0.05, 0) is 5.56 Å². The first kappa shape index (κ1) is 15.5. The Kier molecular flexibility index (Phi) is 3.46. The summed E-state index contributed by atoms with van der Waals surface area (Å²) < 4.78 is 2.62. The van der Waals surface area contributed by atoms with Crippen molar-refractivity contribution < 1.29 is 4.58 Å². The Balaban J connectivity index is 1.51. The lowest BCUT2D eigenvalue weighted by Gasteiger charge is -2.26. The third kappa shape index (κ3) is 2.38. The monoisotopic (exact) mass is 363 g/mol. The van der Waals surface area contributed by atoms with Gasteiger partial charge in [-0.3, -0.25) is 14.5 Å². The predicted octanol–water partition coefficient (Wildman–Crippen LogP) is 0.484. The molecule has 0 amide bonds. The standard InChI is InChI=1S/C21H27N6/c1-2-4-17(5-3-1)16-27-15-14-26-13-12-25-11-10-24-9-8-23-7-6-22-19(23)18(20(24)25)21(26)27/h1-5H,6-16H2/q+1. The van der Waals surface area contributed by atoms with Crippen LogP contribution in [-0.2, 0) is 6.54 Å². The number of amidine groups is 2. The van der Waals surface area contributed by atoms with Gasteiger partial charge in [0.25, 0.3) is 5.84 Å². The molecular weight excluding hydrogens is 336 g/mol. The molecular formula is C21H27N6+. The van der Waals surface area contributed by atoms with Crippen LogP contribution in [0, 0.1) is 0 Å². The maximum Gasteiger partial charge on any atom is 0.287 e. The summed E-state index contributed by atoms with van der Waals surface area (Å²) in [6.45, 7) is 12.0. The van der Waals surface area contributed by atoms with Gasteiger partial charge in [-0.25, -0.2) is 0 Å². The number of hydrogen-bond donors (Lipinski definition) is 0. The maximum atomic E-state index is 5.00. The first-order chi connectivity index (χ1) is 13.4. The lowest BCUT2D eigenvalue weighted by atomic mass is 10.1. The summed E-state index contributed by atoms with van der Waals surface area (Å²) in [5.74, 6) is 4.13. The second-order valence-corrected chi connectivity index (χ2v) is 8.08. The van der Waals surface area contributed by atoms with Crippen LogP contribution in [0.15, 0.2) is 46.7 Å². The zero-order valence-corrected chi connectivity index (χ0v) is 15.8. The van der Waals surface area contributed by atoms with Crippen molar-refractivity contribution >= 4 is 11.7 Å². The maximum absolute atomic E-state index is 5.00. The van der Waals surface area contributed by atoms with Crippen LogP contribution in [0.3, 0.4) is 0 Å². The SMILES string of the molecule is c1ccc(CN2CCN3CCN4CC[N+]5=C4C(=C32)C2=NCCN2CC5)cc1. The first-order valence-corrected chi connectivity index (χ1v) is 10.3. The summed E-state index contributed by atoms with van der Waals surface area (Å²) in [5, 5.41) is 0. The second kappa shape index (κ2) is 6.01. The first-order valence-electron chi connectivity index (χ1n) is 10.3. The van der Waals surface area contributed by atoms with Crippen LogP contribution >= 0.6 is 0 Å². The molecule has 1 fully saturated rings. The Morgan fingerprint density at radius 2 is 1.59 bits per heavy atom. The minimum Gasteiger partial charge on any atom is -0.352 e. The molecule has 140 valence electrons. The molecule has 0 atom stereocenters. The molecule has 5 aliphatic rings. The fourth-order valence-corrected chi connectivity index (χ4v) is 5.27. The van der Waals surface area contributed by atoms with E-state index < -0.39 is 0 Å². The molecule has 6 nitrogen and oxygen atoms in total. The Morgan fingerprint density at radius 3 is 2.48 bits per heavy atom. The predicted molar refractivity (Wildman–Crippen MR) is 106 cm³/mol. The number of hydrogen-bond acceptors (Lipinski definition) is 5. The van der Waals surface area contributed by atoms with Crippen molar-refractivity contribution in [1.82, 2.24) is 19.6 Å². The van der Waals surface area contributed by atoms with E-state index in [1.165, 1.54) is 28.6 Å². The summed E-state index contributed by atoms with van der Waals surface area (Å²) in [6.07, 6.45) is 0. The van der Waals surface area contributed by atoms with Crippen LogP contribution in [0.2, 0.25) is 0 Å². The summed E-state index contributed by atoms with van der Waals surface area (Å²) in [6, 6.07) is 10.9. The van der Waals surface area contributed by atoms with Crippen molar-refractivity contribution in [1.29, 1.82) is 0 Å². The molecule has 6 rings (SSSR count). The summed E-state index contributed by atoms with van der Waals surface area (Å²) in [7, 11) is 0. The van der Waals surface area contributed by atoms with Gasteiger partial charge in [-0.2, -0.15) is 0 Å². The second-order valence-electron chi connectivity index (χ2n) is 8.08. The highest BCUT2D eigenvalue weighted by molar-refractivity contribution is 6.22. The van der Waals surface area contributed by atoms with Crippen LogP contribution < -0.4 is 0 Å². The van der Waals surface area contributed by atoms with E-state index in [0.717, 1.165) is 72.0 Å². The molecule has 27 heavy (non-hydrogen) atoms. The van der Waals surface area contributed by atoms with Gasteiger partial charge in [0.05, 0.1) is 19.6 Å². The number of rotatable bonds is 2. The Labute approximate surface area is 160 Å². The molecule has 1 saturated heterocycles. The quantitative estimate of drug-likeness (QED) is 0.715. The Morgan fingerprint density at radius 1 is 0.815 bits per heavy atom. The molecule has 0 bridgehead atoms. The molecule has 0 aromatic heterocycles. The Bertz CT molecular complexity index is 855. The zero-order chi connectivity index (χ0) is 17.8. The van der Waals surface area contributed by atoms with Crippen LogP contribution in [-0.4, -0.2) is 101 Å². The molecule has 5 heterocycles. The molecule has 6 heteroatoms. The van der Waals surface area contributed by atoms with Crippen molar-refractivity contribution in [3.05, 3.63) is 47.3 Å². The van der Waals surface area contributed by atoms with Gasteiger partial charge in [0, 0.05) is 26.2 Å². The largest absolute Gasteiger partial charge is 0.352 e. The fraction of sp³-hybridized carbons (Fsp3) is 0.524. The van der Waals surface area contributed by atoms with Gasteiger partial charge in [0.2, 0.25) is 0 Å². The van der Waals surface area contributed by atoms with Gasteiger partial charge in [0.15, 0.2) is 0 Å². The average Bonchev–Trinajstić information content (AvgIpc) is 3.37. The van der Waals surface area contributed by atoms with Gasteiger partial charge < -0.3 is 14.7 Å². The van der Waals surface area contributed by atoms with E-state index in [2.05, 4.69) is 54.5 Å². The molecule has 0 unspecified atom stereocenters. The topological polar surface area (TPSA) is 28.3 Å². The molecule has 0 saturated carbocycles. The fourth-order valence-electron chi connectivity index (χ4n) is 5.27. The van der Waals surface area contributed by atoms with E-state index in [1.54, 1.807) is 0 Å². The highest BCUT2D eigenvalue weighted by Crippen LogP contribution is 2.32. The summed E-state index contributed by atoms with van der Waals surface area (Å²) in [4.78, 5) is 15.4. The third-order valence-electron chi connectivity index (χ3n) is 6.58. The molecule has 0 N–H and O–H groups in total. The van der Waals surface area contributed by atoms with Gasteiger partial charge in [0.1, 0.15) is 43.4 Å². The molecule has 1 aromatic rings. The molecule has 1 aromatic carbocycles. The Hall–Kier alpha value is -2.50. The number of nitrogens with zero attached hydrogens (tertiary/aromatic N) is 6. The third-order valence-corrected chi connectivity index (χ3v) is 6.58. The van der Waals surface area contributed by atoms with Gasteiger partial charge >= 0.3 is 0 Å². The van der Waals surface area contributed by atoms with Crippen LogP contribution in [0.5, 0.6) is 0 Å². The highest BCUT2D eigenvalue weighted by Gasteiger charge is 2.47. The number of fused-ring (bicyclic) bond motifs is 3. The minimum absolute atomic E-state index is 0.943. The number of benzene rings is 1. The minimum atomic E-state index is 0.943. The zero-order valence-electron chi connectivity index (χ0n) is 15.8. The van der Waals surface area contributed by atoms with Crippen LogP contribution in [0.4, 0.5) is 0 Å². The van der Waals surface area contributed by atoms with E-state index in [1.807, 2.05) is 0 Å². The van der Waals surface area contributed by atoms with Crippen molar-refractivity contribution in [2.45, 2.75) is 6.54 Å². The molecule has 0 spiro atoms. The van der Waals surface area contributed by atoms with E-state index >= 15 is 0 Å². The normalized spacial score (nSPS) is 24.1. The summed E-state index contributed by atoms with van der Waals surface area (Å²) in [5.41, 5.74) is 2.80. The van der Waals surface area contributed by atoms with E-state index in [9.17, 15) is 0 Å². The van der Waals surface area contributed by atoms with Crippen molar-refractivity contribution in [3.8, 4) is 0 Å². The van der Waals surface area contributed by atoms with Crippen molar-refractivity contribution in [2.24, 2.45) is 4.99 Å². The lowest BCUT2D eigenvalue weighted by Crippen LogP contribution is -2.37.